The molecule has 14 heavy (non-hydrogen) atoms. The van der Waals surface area contributed by atoms with E-state index in [2.05, 4.69) is 24.3 Å². The Kier molecular flexibility index (Phi) is 3.81. The van der Waals surface area contributed by atoms with E-state index in [-0.39, 0.29) is 8.80 Å². The maximum absolute atomic E-state index is 3.33. The summed E-state index contributed by atoms with van der Waals surface area (Å²) in [6.45, 7) is 0. The number of hydrogen-bond acceptors (Lipinski definition) is 0. The van der Waals surface area contributed by atoms with Crippen LogP contribution in [0.1, 0.15) is 24.8 Å². The molecule has 0 aromatic heterocycles. The molecule has 1 aromatic carbocycles. The van der Waals surface area contributed by atoms with Crippen molar-refractivity contribution in [2.75, 3.05) is 0 Å². The number of aryl methyl sites for hydroxylation is 1. The Morgan fingerprint density at radius 1 is 1.14 bits per heavy atom. The van der Waals surface area contributed by atoms with Crippen molar-refractivity contribution in [3.8, 4) is 0 Å². The van der Waals surface area contributed by atoms with Gasteiger partial charge in [0.05, 0.1) is 0 Å². The lowest BCUT2D eigenvalue weighted by atomic mass is 10.2. The predicted octanol–water partition coefficient (Wildman–Crippen LogP) is 3.44. The Morgan fingerprint density at radius 2 is 2.00 bits per heavy atom. The molecule has 1 fully saturated rings. The molecule has 75 valence electrons. The summed E-state index contributed by atoms with van der Waals surface area (Å²) in [6, 6.07) is 16.5. The van der Waals surface area contributed by atoms with Gasteiger partial charge in [-0.15, -0.1) is 0 Å². The van der Waals surface area contributed by atoms with E-state index < -0.39 is 0 Å². The lowest BCUT2D eigenvalue weighted by molar-refractivity contribution is 0.718. The van der Waals surface area contributed by atoms with E-state index >= 15 is 0 Å². The van der Waals surface area contributed by atoms with Crippen molar-refractivity contribution in [1.82, 2.24) is 0 Å². The predicted molar refractivity (Wildman–Crippen MR) is 64.4 cm³/mol. The summed E-state index contributed by atoms with van der Waals surface area (Å²) in [5.41, 5.74) is 1.42. The van der Waals surface area contributed by atoms with Crippen molar-refractivity contribution in [3.63, 3.8) is 0 Å². The van der Waals surface area contributed by atoms with E-state index in [1.165, 1.54) is 37.3 Å². The van der Waals surface area contributed by atoms with Gasteiger partial charge in [-0.05, 0) is 18.1 Å². The SMILES string of the molecule is [c]1ccccc1CC[SiH]1CCCCC1. The van der Waals surface area contributed by atoms with Crippen LogP contribution in [0, 0.1) is 6.07 Å². The highest BCUT2D eigenvalue weighted by atomic mass is 28.3. The zero-order chi connectivity index (χ0) is 9.64. The first-order valence-electron chi connectivity index (χ1n) is 5.91. The molecule has 1 heteroatoms. The van der Waals surface area contributed by atoms with Gasteiger partial charge in [0.2, 0.25) is 0 Å². The standard InChI is InChI=1S/C13H19Si/c1-3-7-13(8-4-1)9-12-14-10-5-2-6-11-14/h1,3-4,7,14H,2,5-6,9-12H2. The molecular weight excluding hydrogens is 184 g/mol. The topological polar surface area (TPSA) is 0 Å². The second kappa shape index (κ2) is 5.35. The molecule has 0 saturated carbocycles. The van der Waals surface area contributed by atoms with Crippen molar-refractivity contribution in [2.45, 2.75) is 43.8 Å². The first-order valence-corrected chi connectivity index (χ1v) is 8.36. The minimum atomic E-state index is -0.316. The Labute approximate surface area is 89.0 Å². The number of hydrogen-bond donors (Lipinski definition) is 0. The third-order valence-electron chi connectivity index (χ3n) is 3.32. The van der Waals surface area contributed by atoms with Crippen LogP contribution in [0.25, 0.3) is 0 Å². The van der Waals surface area contributed by atoms with Crippen LogP contribution >= 0.6 is 0 Å². The summed E-state index contributed by atoms with van der Waals surface area (Å²) >= 11 is 0. The van der Waals surface area contributed by atoms with Crippen LogP contribution in [0.3, 0.4) is 0 Å². The molecule has 0 aliphatic carbocycles. The average molecular weight is 203 g/mol. The maximum Gasteiger partial charge on any atom is 0.0371 e. The highest BCUT2D eigenvalue weighted by Gasteiger charge is 2.14. The van der Waals surface area contributed by atoms with Crippen molar-refractivity contribution < 1.29 is 0 Å². The van der Waals surface area contributed by atoms with E-state index in [0.717, 1.165) is 0 Å². The van der Waals surface area contributed by atoms with Gasteiger partial charge in [0, 0.05) is 8.80 Å². The smallest absolute Gasteiger partial charge is 0.0371 e. The Hall–Kier alpha value is -0.563. The molecule has 0 spiro atoms. The lowest BCUT2D eigenvalue weighted by Gasteiger charge is -2.19. The third kappa shape index (κ3) is 2.98. The van der Waals surface area contributed by atoms with Gasteiger partial charge < -0.3 is 0 Å². The summed E-state index contributed by atoms with van der Waals surface area (Å²) in [7, 11) is -0.316. The van der Waals surface area contributed by atoms with Gasteiger partial charge in [-0.1, -0.05) is 61.7 Å². The molecule has 2 rings (SSSR count). The Balaban J connectivity index is 1.76. The van der Waals surface area contributed by atoms with Crippen LogP contribution in [0.5, 0.6) is 0 Å². The van der Waals surface area contributed by atoms with E-state index in [0.29, 0.717) is 0 Å². The zero-order valence-electron chi connectivity index (χ0n) is 8.84. The van der Waals surface area contributed by atoms with Crippen molar-refractivity contribution >= 4 is 8.80 Å². The fourth-order valence-electron chi connectivity index (χ4n) is 2.42. The molecule has 0 bridgehead atoms. The maximum atomic E-state index is 3.33. The second-order valence-corrected chi connectivity index (χ2v) is 7.89. The summed E-state index contributed by atoms with van der Waals surface area (Å²) in [5.74, 6) is 0. The molecule has 1 aliphatic rings. The molecular formula is C13H19Si. The van der Waals surface area contributed by atoms with Crippen LogP contribution in [0.2, 0.25) is 18.1 Å². The van der Waals surface area contributed by atoms with Gasteiger partial charge in [0.25, 0.3) is 0 Å². The van der Waals surface area contributed by atoms with Gasteiger partial charge in [0.15, 0.2) is 0 Å². The molecule has 1 aromatic rings. The van der Waals surface area contributed by atoms with Gasteiger partial charge in [-0.25, -0.2) is 0 Å². The molecule has 0 N–H and O–H groups in total. The molecule has 0 nitrogen and oxygen atoms in total. The average Bonchev–Trinajstić information content (AvgIpc) is 2.29. The fourth-order valence-corrected chi connectivity index (χ4v) is 5.74. The van der Waals surface area contributed by atoms with Crippen LogP contribution in [-0.4, -0.2) is 8.80 Å². The second-order valence-electron chi connectivity index (χ2n) is 4.43. The summed E-state index contributed by atoms with van der Waals surface area (Å²) < 4.78 is 0. The molecule has 0 amide bonds. The molecule has 1 aliphatic heterocycles. The first kappa shape index (κ1) is 9.97. The van der Waals surface area contributed by atoms with E-state index in [9.17, 15) is 0 Å². The Bertz CT molecular complexity index is 249. The molecule has 1 radical (unpaired) electrons. The zero-order valence-corrected chi connectivity index (χ0v) is 9.99. The largest absolute Gasteiger partial charge is 0.0620 e. The van der Waals surface area contributed by atoms with E-state index in [4.69, 9.17) is 0 Å². The lowest BCUT2D eigenvalue weighted by Crippen LogP contribution is -2.16. The minimum Gasteiger partial charge on any atom is -0.0620 e. The van der Waals surface area contributed by atoms with Crippen molar-refractivity contribution in [3.05, 3.63) is 35.9 Å². The van der Waals surface area contributed by atoms with Crippen LogP contribution in [-0.2, 0) is 6.42 Å². The molecule has 1 saturated heterocycles. The van der Waals surface area contributed by atoms with Crippen LogP contribution in [0.15, 0.2) is 24.3 Å². The highest BCUT2D eigenvalue weighted by Crippen LogP contribution is 2.22. The van der Waals surface area contributed by atoms with Gasteiger partial charge in [-0.3, -0.25) is 0 Å². The normalized spacial score (nSPS) is 18.3. The number of benzene rings is 1. The van der Waals surface area contributed by atoms with Crippen molar-refractivity contribution in [1.29, 1.82) is 0 Å². The fraction of sp³-hybridized carbons (Fsp3) is 0.538. The molecule has 0 unspecified atom stereocenters. The van der Waals surface area contributed by atoms with Gasteiger partial charge in [0.1, 0.15) is 0 Å². The summed E-state index contributed by atoms with van der Waals surface area (Å²) in [5, 5.41) is 0. The van der Waals surface area contributed by atoms with Crippen molar-refractivity contribution in [2.24, 2.45) is 0 Å². The van der Waals surface area contributed by atoms with Gasteiger partial charge >= 0.3 is 0 Å². The van der Waals surface area contributed by atoms with Crippen LogP contribution in [0.4, 0.5) is 0 Å². The highest BCUT2D eigenvalue weighted by molar-refractivity contribution is 6.59. The monoisotopic (exact) mass is 203 g/mol. The quantitative estimate of drug-likeness (QED) is 0.660. The van der Waals surface area contributed by atoms with E-state index in [1.54, 1.807) is 12.1 Å². The first-order chi connectivity index (χ1) is 6.95. The molecule has 0 atom stereocenters. The van der Waals surface area contributed by atoms with E-state index in [1.807, 2.05) is 6.07 Å². The Morgan fingerprint density at radius 3 is 2.71 bits per heavy atom. The van der Waals surface area contributed by atoms with Gasteiger partial charge in [-0.2, -0.15) is 0 Å². The molecule has 1 heterocycles. The summed E-state index contributed by atoms with van der Waals surface area (Å²) in [4.78, 5) is 0. The third-order valence-corrected chi connectivity index (χ3v) is 6.87. The summed E-state index contributed by atoms with van der Waals surface area (Å²) in [6.07, 6.45) is 5.84. The van der Waals surface area contributed by atoms with Crippen LogP contribution < -0.4 is 0 Å². The minimum absolute atomic E-state index is 0.316. The number of rotatable bonds is 3.